The Bertz CT molecular complexity index is 1080. The van der Waals surface area contributed by atoms with Crippen LogP contribution < -0.4 is 4.74 Å². The molecule has 1 aliphatic carbocycles. The lowest BCUT2D eigenvalue weighted by molar-refractivity contribution is 0.0672. The summed E-state index contributed by atoms with van der Waals surface area (Å²) >= 11 is 6.18. The van der Waals surface area contributed by atoms with Gasteiger partial charge in [0.1, 0.15) is 25.2 Å². The van der Waals surface area contributed by atoms with E-state index >= 15 is 4.39 Å². The lowest BCUT2D eigenvalue weighted by Gasteiger charge is -2.17. The molecule has 33 heavy (non-hydrogen) atoms. The molecule has 11 heteroatoms. The fourth-order valence-corrected chi connectivity index (χ4v) is 3.01. The van der Waals surface area contributed by atoms with E-state index in [2.05, 4.69) is 27.0 Å². The molecule has 0 saturated heterocycles. The fourth-order valence-electron chi connectivity index (χ4n) is 2.80. The smallest absolute Gasteiger partial charge is 0.280 e. The Balaban J connectivity index is 1.94. The Kier molecular flexibility index (Phi) is 8.59. The van der Waals surface area contributed by atoms with Gasteiger partial charge in [-0.05, 0) is 42.9 Å². The monoisotopic (exact) mass is 476 g/mol. The molecule has 1 aliphatic heterocycles. The SMILES string of the molecule is C=N/C(Oc1ccccc1/C(=N\OC)C1=NOCCO1)=C(/F)C(=NC)OC1=C(Cl)CCC=C1. The number of allylic oxidation sites excluding steroid dienone is 3. The number of nitrogens with zero attached hydrogens (tertiary/aromatic N) is 4. The van der Waals surface area contributed by atoms with E-state index in [9.17, 15) is 0 Å². The Morgan fingerprint density at radius 2 is 2.06 bits per heavy atom. The van der Waals surface area contributed by atoms with Crippen LogP contribution in [0.5, 0.6) is 5.75 Å². The third kappa shape index (κ3) is 5.98. The van der Waals surface area contributed by atoms with Crippen molar-refractivity contribution in [2.45, 2.75) is 12.8 Å². The van der Waals surface area contributed by atoms with Gasteiger partial charge in [-0.1, -0.05) is 35.0 Å². The van der Waals surface area contributed by atoms with Crippen LogP contribution in [0.1, 0.15) is 18.4 Å². The van der Waals surface area contributed by atoms with Crippen molar-refractivity contribution in [2.24, 2.45) is 20.3 Å². The summed E-state index contributed by atoms with van der Waals surface area (Å²) in [6, 6.07) is 6.65. The maximum absolute atomic E-state index is 15.3. The third-order valence-electron chi connectivity index (χ3n) is 4.29. The van der Waals surface area contributed by atoms with Crippen molar-refractivity contribution in [1.82, 2.24) is 0 Å². The van der Waals surface area contributed by atoms with Crippen LogP contribution in [-0.4, -0.2) is 51.6 Å². The van der Waals surface area contributed by atoms with Crippen LogP contribution in [0.15, 0.2) is 79.2 Å². The van der Waals surface area contributed by atoms with Crippen LogP contribution in [0.2, 0.25) is 0 Å². The Labute approximate surface area is 195 Å². The van der Waals surface area contributed by atoms with Gasteiger partial charge in [-0.2, -0.15) is 4.39 Å². The lowest BCUT2D eigenvalue weighted by Crippen LogP contribution is -2.26. The minimum Gasteiger partial charge on any atom is -0.470 e. The molecule has 0 atom stereocenters. The lowest BCUT2D eigenvalue weighted by atomic mass is 10.1. The van der Waals surface area contributed by atoms with E-state index in [1.807, 2.05) is 6.08 Å². The van der Waals surface area contributed by atoms with E-state index < -0.39 is 11.7 Å². The van der Waals surface area contributed by atoms with Crippen LogP contribution in [0.4, 0.5) is 4.39 Å². The highest BCUT2D eigenvalue weighted by atomic mass is 35.5. The predicted octanol–water partition coefficient (Wildman–Crippen LogP) is 4.46. The zero-order chi connectivity index (χ0) is 23.6. The van der Waals surface area contributed by atoms with Crippen molar-refractivity contribution in [3.05, 3.63) is 64.5 Å². The number of hydrogen-bond donors (Lipinski definition) is 0. The predicted molar refractivity (Wildman–Crippen MR) is 123 cm³/mol. The highest BCUT2D eigenvalue weighted by Crippen LogP contribution is 2.27. The Morgan fingerprint density at radius 1 is 1.24 bits per heavy atom. The number of halogens is 2. The fraction of sp³-hybridized carbons (Fsp3) is 0.273. The number of hydrogen-bond acceptors (Lipinski definition) is 9. The molecule has 0 fully saturated rings. The van der Waals surface area contributed by atoms with Crippen molar-refractivity contribution in [3.63, 3.8) is 0 Å². The molecule has 0 aromatic heterocycles. The summed E-state index contributed by atoms with van der Waals surface area (Å²) in [6.07, 6.45) is 4.88. The first-order chi connectivity index (χ1) is 16.1. The zero-order valence-corrected chi connectivity index (χ0v) is 18.8. The first-order valence-corrected chi connectivity index (χ1v) is 10.2. The maximum atomic E-state index is 15.3. The van der Waals surface area contributed by atoms with Gasteiger partial charge in [-0.3, -0.25) is 4.99 Å². The van der Waals surface area contributed by atoms with E-state index in [0.29, 0.717) is 29.4 Å². The molecule has 1 heterocycles. The van der Waals surface area contributed by atoms with Crippen LogP contribution >= 0.6 is 11.6 Å². The first kappa shape index (κ1) is 24.0. The molecule has 9 nitrogen and oxygen atoms in total. The summed E-state index contributed by atoms with van der Waals surface area (Å²) in [6.45, 7) is 3.98. The quantitative estimate of drug-likeness (QED) is 0.239. The number of ether oxygens (including phenoxy) is 3. The largest absolute Gasteiger partial charge is 0.470 e. The molecule has 1 aromatic carbocycles. The molecule has 0 amide bonds. The second-order valence-electron chi connectivity index (χ2n) is 6.42. The molecule has 3 rings (SSSR count). The molecule has 0 saturated carbocycles. The van der Waals surface area contributed by atoms with E-state index in [-0.39, 0.29) is 29.9 Å². The number of oxime groups is 2. The Morgan fingerprint density at radius 3 is 2.73 bits per heavy atom. The summed E-state index contributed by atoms with van der Waals surface area (Å²) in [4.78, 5) is 17.5. The van der Waals surface area contributed by atoms with Gasteiger partial charge < -0.3 is 23.9 Å². The van der Waals surface area contributed by atoms with E-state index in [1.54, 1.807) is 30.3 Å². The van der Waals surface area contributed by atoms with Crippen molar-refractivity contribution in [2.75, 3.05) is 27.4 Å². The van der Waals surface area contributed by atoms with Crippen LogP contribution in [0.3, 0.4) is 0 Å². The number of aliphatic imine (C=N–C) groups is 2. The zero-order valence-electron chi connectivity index (χ0n) is 18.1. The third-order valence-corrected chi connectivity index (χ3v) is 4.67. The topological polar surface area (TPSA) is 95.6 Å². The highest BCUT2D eigenvalue weighted by molar-refractivity contribution is 6.45. The molecular weight excluding hydrogens is 455 g/mol. The molecule has 1 aromatic rings. The molecule has 2 aliphatic rings. The maximum Gasteiger partial charge on any atom is 0.280 e. The highest BCUT2D eigenvalue weighted by Gasteiger charge is 2.25. The minimum atomic E-state index is -0.974. The Hall–Kier alpha value is -3.66. The summed E-state index contributed by atoms with van der Waals surface area (Å²) in [5.74, 6) is -1.26. The number of benzene rings is 1. The van der Waals surface area contributed by atoms with Crippen molar-refractivity contribution < 1.29 is 28.3 Å². The second kappa shape index (κ2) is 11.8. The minimum absolute atomic E-state index is 0.0847. The van der Waals surface area contributed by atoms with Gasteiger partial charge in [0.05, 0.1) is 10.6 Å². The van der Waals surface area contributed by atoms with E-state index in [1.165, 1.54) is 14.2 Å². The molecule has 0 N–H and O–H groups in total. The summed E-state index contributed by atoms with van der Waals surface area (Å²) in [7, 11) is 2.73. The summed E-state index contributed by atoms with van der Waals surface area (Å²) < 4.78 is 32.1. The molecule has 0 spiro atoms. The normalized spacial score (nSPS) is 17.4. The summed E-state index contributed by atoms with van der Waals surface area (Å²) in [5, 5.41) is 8.28. The number of para-hydroxylation sites is 1. The van der Waals surface area contributed by atoms with Crippen LogP contribution in [0.25, 0.3) is 0 Å². The van der Waals surface area contributed by atoms with Crippen molar-refractivity contribution >= 4 is 35.8 Å². The van der Waals surface area contributed by atoms with E-state index in [0.717, 1.165) is 6.42 Å². The second-order valence-corrected chi connectivity index (χ2v) is 6.87. The van der Waals surface area contributed by atoms with Gasteiger partial charge in [0.2, 0.25) is 5.83 Å². The first-order valence-electron chi connectivity index (χ1n) is 9.87. The standard InChI is InChI=1S/C22H22ClFN4O5/c1-25-20(18(24)21(26-2)33-17-11-7-5-9-15(17)23)32-16-10-6-4-8-14(16)19(27-29-3)22-28-31-13-12-30-22/h4,6-8,10-11H,1,5,9,12-13H2,2-3H3/b20-18-,26-21?,27-19+. The average Bonchev–Trinajstić information content (AvgIpc) is 2.86. The number of rotatable bonds is 8. The van der Waals surface area contributed by atoms with Gasteiger partial charge in [0.15, 0.2) is 12.3 Å². The summed E-state index contributed by atoms with van der Waals surface area (Å²) in [5.41, 5.74) is 0.566. The molecule has 0 unspecified atom stereocenters. The molecular formula is C22H22ClFN4O5. The van der Waals surface area contributed by atoms with Gasteiger partial charge in [-0.15, -0.1) is 0 Å². The van der Waals surface area contributed by atoms with Gasteiger partial charge >= 0.3 is 0 Å². The molecule has 0 radical (unpaired) electrons. The molecule has 0 bridgehead atoms. The van der Waals surface area contributed by atoms with Crippen LogP contribution in [-0.2, 0) is 19.1 Å². The van der Waals surface area contributed by atoms with E-state index in [4.69, 9.17) is 35.5 Å². The van der Waals surface area contributed by atoms with Crippen molar-refractivity contribution in [3.8, 4) is 5.75 Å². The average molecular weight is 477 g/mol. The van der Waals surface area contributed by atoms with Crippen LogP contribution in [0, 0.1) is 0 Å². The van der Waals surface area contributed by atoms with Crippen molar-refractivity contribution in [1.29, 1.82) is 0 Å². The van der Waals surface area contributed by atoms with Gasteiger partial charge in [0.25, 0.3) is 17.7 Å². The van der Waals surface area contributed by atoms with Gasteiger partial charge in [-0.25, -0.2) is 4.99 Å². The molecule has 174 valence electrons. The van der Waals surface area contributed by atoms with Gasteiger partial charge in [0, 0.05) is 7.05 Å².